The van der Waals surface area contributed by atoms with E-state index in [4.69, 9.17) is 27.4 Å². The summed E-state index contributed by atoms with van der Waals surface area (Å²) in [5.74, 6) is 2.98. The smallest absolute Gasteiger partial charge is 0.433 e. The van der Waals surface area contributed by atoms with Gasteiger partial charge in [-0.25, -0.2) is 23.6 Å². The highest BCUT2D eigenvalue weighted by Crippen LogP contribution is 2.27. The van der Waals surface area contributed by atoms with E-state index in [-0.39, 0.29) is 26.0 Å². The highest BCUT2D eigenvalue weighted by molar-refractivity contribution is 6.33. The van der Waals surface area contributed by atoms with Crippen LogP contribution in [0.15, 0.2) is 33.9 Å². The van der Waals surface area contributed by atoms with Crippen LogP contribution in [0.3, 0.4) is 0 Å². The van der Waals surface area contributed by atoms with Crippen molar-refractivity contribution in [3.63, 3.8) is 0 Å². The van der Waals surface area contributed by atoms with Crippen LogP contribution >= 0.6 is 11.6 Å². The second-order valence-electron chi connectivity index (χ2n) is 6.65. The molecule has 0 fully saturated rings. The van der Waals surface area contributed by atoms with Gasteiger partial charge in [-0.2, -0.15) is 18.4 Å². The Balaban J connectivity index is 2.51. The van der Waals surface area contributed by atoms with Crippen molar-refractivity contribution in [1.82, 2.24) is 9.24 Å². The molecule has 1 aromatic heterocycles. The molecule has 2 rings (SSSR count). The van der Waals surface area contributed by atoms with E-state index in [1.54, 1.807) is 6.07 Å². The van der Waals surface area contributed by atoms with Gasteiger partial charge in [0.25, 0.3) is 5.56 Å². The summed E-state index contributed by atoms with van der Waals surface area (Å²) < 4.78 is 48.5. The van der Waals surface area contributed by atoms with E-state index >= 15 is 0 Å². The lowest BCUT2D eigenvalue weighted by Gasteiger charge is -2.22. The van der Waals surface area contributed by atoms with Gasteiger partial charge in [0.15, 0.2) is 12.3 Å². The third kappa shape index (κ3) is 4.92. The number of carbonyl (C=O) groups excluding carboxylic acids is 2. The monoisotopic (exact) mass is 474 g/mol. The minimum Gasteiger partial charge on any atom is -0.447 e. The van der Waals surface area contributed by atoms with Crippen LogP contribution in [0.25, 0.3) is 5.69 Å². The van der Waals surface area contributed by atoms with Crippen LogP contribution < -0.4 is 17.1 Å². The number of esters is 2. The Morgan fingerprint density at radius 1 is 1.22 bits per heavy atom. The predicted octanol–water partition coefficient (Wildman–Crippen LogP) is 1.39. The highest BCUT2D eigenvalue weighted by Gasteiger charge is 2.36. The van der Waals surface area contributed by atoms with Crippen molar-refractivity contribution in [1.29, 1.82) is 5.26 Å². The van der Waals surface area contributed by atoms with E-state index in [1.807, 2.05) is 0 Å². The Morgan fingerprint density at radius 2 is 1.84 bits per heavy atom. The van der Waals surface area contributed by atoms with E-state index in [2.05, 4.69) is 4.74 Å². The molecule has 0 aliphatic rings. The first-order valence-electron chi connectivity index (χ1n) is 8.49. The molecule has 0 unspecified atom stereocenters. The van der Waals surface area contributed by atoms with Gasteiger partial charge in [0.1, 0.15) is 6.07 Å². The zero-order chi connectivity index (χ0) is 24.4. The third-order valence-corrected chi connectivity index (χ3v) is 4.29. The number of nitrogen functional groups attached to an aromatic ring is 1. The van der Waals surface area contributed by atoms with Crippen molar-refractivity contribution in [3.05, 3.63) is 61.4 Å². The van der Waals surface area contributed by atoms with Crippen LogP contribution in [0.1, 0.15) is 29.9 Å². The Labute approximate surface area is 182 Å². The molecule has 0 saturated heterocycles. The SMILES string of the molecule is CC(C)(OC(=O)c1cc(-n2c(=O)cc(C(F)(F)F)n(N)c2=O)ccc1Cl)C(=O)OCC#N. The number of ether oxygens (including phenoxy) is 2. The summed E-state index contributed by atoms with van der Waals surface area (Å²) in [4.78, 5) is 49.0. The number of carbonyl (C=O) groups is 2. The first kappa shape index (κ1) is 24.5. The molecule has 1 heterocycles. The van der Waals surface area contributed by atoms with Crippen molar-refractivity contribution < 1.29 is 32.2 Å². The van der Waals surface area contributed by atoms with Crippen LogP contribution in [0.4, 0.5) is 13.2 Å². The number of hydrogen-bond donors (Lipinski definition) is 1. The van der Waals surface area contributed by atoms with E-state index in [9.17, 15) is 32.3 Å². The summed E-state index contributed by atoms with van der Waals surface area (Å²) >= 11 is 5.96. The maximum atomic E-state index is 12.9. The van der Waals surface area contributed by atoms with E-state index in [0.717, 1.165) is 18.2 Å². The summed E-state index contributed by atoms with van der Waals surface area (Å²) in [5.41, 5.74) is -7.18. The van der Waals surface area contributed by atoms with E-state index in [0.29, 0.717) is 0 Å². The number of nitriles is 1. The molecule has 0 atom stereocenters. The normalized spacial score (nSPS) is 11.5. The van der Waals surface area contributed by atoms with Gasteiger partial charge in [-0.1, -0.05) is 11.6 Å². The van der Waals surface area contributed by atoms with Crippen LogP contribution in [0.2, 0.25) is 5.02 Å². The fourth-order valence-corrected chi connectivity index (χ4v) is 2.62. The third-order valence-electron chi connectivity index (χ3n) is 3.96. The Morgan fingerprint density at radius 3 is 2.41 bits per heavy atom. The zero-order valence-corrected chi connectivity index (χ0v) is 17.2. The van der Waals surface area contributed by atoms with Crippen molar-refractivity contribution >= 4 is 23.5 Å². The summed E-state index contributed by atoms with van der Waals surface area (Å²) in [7, 11) is 0. The quantitative estimate of drug-likeness (QED) is 0.505. The number of halogens is 4. The van der Waals surface area contributed by atoms with Gasteiger partial charge >= 0.3 is 23.8 Å². The minimum atomic E-state index is -5.06. The number of hydrogen-bond acceptors (Lipinski definition) is 8. The highest BCUT2D eigenvalue weighted by atomic mass is 35.5. The fraction of sp³-hybridized carbons (Fsp3) is 0.278. The van der Waals surface area contributed by atoms with Gasteiger partial charge in [0.05, 0.1) is 16.3 Å². The molecule has 0 radical (unpaired) electrons. The molecule has 0 aliphatic carbocycles. The maximum absolute atomic E-state index is 12.9. The predicted molar refractivity (Wildman–Crippen MR) is 103 cm³/mol. The number of aromatic nitrogens is 2. The molecular weight excluding hydrogens is 461 g/mol. The van der Waals surface area contributed by atoms with Crippen molar-refractivity contribution in [3.8, 4) is 11.8 Å². The maximum Gasteiger partial charge on any atom is 0.433 e. The molecule has 0 spiro atoms. The fourth-order valence-electron chi connectivity index (χ4n) is 2.42. The number of rotatable bonds is 5. The summed E-state index contributed by atoms with van der Waals surface area (Å²) in [6, 6.07) is 4.75. The van der Waals surface area contributed by atoms with Crippen LogP contribution in [0, 0.1) is 11.3 Å². The average Bonchev–Trinajstić information content (AvgIpc) is 2.68. The van der Waals surface area contributed by atoms with Gasteiger partial charge in [-0.15, -0.1) is 0 Å². The second-order valence-corrected chi connectivity index (χ2v) is 7.06. The first-order valence-corrected chi connectivity index (χ1v) is 8.87. The van der Waals surface area contributed by atoms with Crippen LogP contribution in [-0.2, 0) is 20.4 Å². The molecule has 0 amide bonds. The molecule has 1 aromatic carbocycles. The summed E-state index contributed by atoms with van der Waals surface area (Å²) in [5, 5.41) is 8.25. The van der Waals surface area contributed by atoms with Crippen LogP contribution in [-0.4, -0.2) is 33.4 Å². The number of alkyl halides is 3. The van der Waals surface area contributed by atoms with Crippen molar-refractivity contribution in [2.75, 3.05) is 12.4 Å². The molecule has 32 heavy (non-hydrogen) atoms. The van der Waals surface area contributed by atoms with Crippen LogP contribution in [0.5, 0.6) is 0 Å². The number of nitrogens with zero attached hydrogens (tertiary/aromatic N) is 3. The molecular formula is C18H14ClF3N4O6. The average molecular weight is 475 g/mol. The minimum absolute atomic E-state index is 0.113. The molecule has 14 heteroatoms. The summed E-state index contributed by atoms with van der Waals surface area (Å²) in [6.07, 6.45) is -5.06. The van der Waals surface area contributed by atoms with Gasteiger partial charge in [-0.05, 0) is 32.0 Å². The van der Waals surface area contributed by atoms with Gasteiger partial charge in [-0.3, -0.25) is 4.79 Å². The summed E-state index contributed by atoms with van der Waals surface area (Å²) in [6.45, 7) is 1.77. The standard InChI is InChI=1S/C18H14ClF3N4O6/c1-17(2,15(29)31-6-5-23)32-14(28)10-7-9(3-4-11(10)19)25-13(27)8-12(18(20,21)22)26(24)16(25)30/h3-4,7-8H,6,24H2,1-2H3. The molecule has 170 valence electrons. The zero-order valence-electron chi connectivity index (χ0n) is 16.4. The van der Waals surface area contributed by atoms with Crippen molar-refractivity contribution in [2.24, 2.45) is 0 Å². The molecule has 0 aliphatic heterocycles. The molecule has 2 aromatic rings. The number of benzene rings is 1. The Hall–Kier alpha value is -3.79. The topological polar surface area (TPSA) is 146 Å². The van der Waals surface area contributed by atoms with Gasteiger partial charge in [0, 0.05) is 6.07 Å². The lowest BCUT2D eigenvalue weighted by Crippen LogP contribution is -2.45. The lowest BCUT2D eigenvalue weighted by atomic mass is 10.1. The molecule has 2 N–H and O–H groups in total. The molecule has 10 nitrogen and oxygen atoms in total. The van der Waals surface area contributed by atoms with E-state index < -0.39 is 52.8 Å². The van der Waals surface area contributed by atoms with Crippen molar-refractivity contribution in [2.45, 2.75) is 25.6 Å². The largest absolute Gasteiger partial charge is 0.447 e. The van der Waals surface area contributed by atoms with Gasteiger partial charge in [0.2, 0.25) is 5.60 Å². The lowest BCUT2D eigenvalue weighted by molar-refractivity contribution is -0.161. The molecule has 0 saturated carbocycles. The molecule has 0 bridgehead atoms. The second kappa shape index (κ2) is 8.75. The Bertz CT molecular complexity index is 1240. The Kier molecular flexibility index (Phi) is 6.70. The van der Waals surface area contributed by atoms with Gasteiger partial charge < -0.3 is 15.3 Å². The number of nitrogens with two attached hydrogens (primary N) is 1. The first-order chi connectivity index (χ1) is 14.7. The van der Waals surface area contributed by atoms with E-state index in [1.165, 1.54) is 13.8 Å².